The number of hydrogen-bond acceptors (Lipinski definition) is 2. The first-order chi connectivity index (χ1) is 7.06. The summed E-state index contributed by atoms with van der Waals surface area (Å²) in [4.78, 5) is 2.43. The minimum Gasteiger partial charge on any atom is -0.390 e. The minimum absolute atomic E-state index is 0.347. The van der Waals surface area contributed by atoms with Gasteiger partial charge in [-0.3, -0.25) is 0 Å². The average Bonchev–Trinajstić information content (AvgIpc) is 2.18. The molecule has 0 amide bonds. The van der Waals surface area contributed by atoms with E-state index in [9.17, 15) is 5.11 Å². The quantitative estimate of drug-likeness (QED) is 0.759. The van der Waals surface area contributed by atoms with Crippen LogP contribution >= 0.6 is 0 Å². The van der Waals surface area contributed by atoms with E-state index in [0.717, 1.165) is 44.8 Å². The molecule has 0 bridgehead atoms. The van der Waals surface area contributed by atoms with Gasteiger partial charge in [-0.25, -0.2) is 0 Å². The first kappa shape index (κ1) is 13.0. The summed E-state index contributed by atoms with van der Waals surface area (Å²) in [6, 6.07) is 0. The van der Waals surface area contributed by atoms with Crippen LogP contribution in [-0.4, -0.2) is 35.2 Å². The molecule has 0 radical (unpaired) electrons. The van der Waals surface area contributed by atoms with E-state index in [2.05, 4.69) is 25.7 Å². The van der Waals surface area contributed by atoms with Gasteiger partial charge in [0.1, 0.15) is 0 Å². The molecule has 1 saturated heterocycles. The van der Waals surface area contributed by atoms with Crippen molar-refractivity contribution >= 4 is 0 Å². The summed E-state index contributed by atoms with van der Waals surface area (Å²) in [6.45, 7) is 9.99. The summed E-state index contributed by atoms with van der Waals surface area (Å²) in [7, 11) is 0. The van der Waals surface area contributed by atoms with Gasteiger partial charge in [0.15, 0.2) is 0 Å². The van der Waals surface area contributed by atoms with Gasteiger partial charge in [-0.05, 0) is 31.7 Å². The largest absolute Gasteiger partial charge is 0.390 e. The Morgan fingerprint density at radius 1 is 1.27 bits per heavy atom. The Morgan fingerprint density at radius 3 is 2.33 bits per heavy atom. The molecule has 0 aromatic carbocycles. The van der Waals surface area contributed by atoms with Crippen LogP contribution in [0.15, 0.2) is 0 Å². The van der Waals surface area contributed by atoms with Gasteiger partial charge in [0.25, 0.3) is 0 Å². The maximum absolute atomic E-state index is 10.4. The molecule has 90 valence electrons. The van der Waals surface area contributed by atoms with Crippen molar-refractivity contribution in [3.8, 4) is 0 Å². The standard InChI is InChI=1S/C13H27NO/c1-4-14-10-8-13(15,9-11-14)7-5-6-12(2)3/h12,15H,4-11H2,1-3H3. The molecular formula is C13H27NO. The van der Waals surface area contributed by atoms with Crippen LogP contribution in [0.3, 0.4) is 0 Å². The molecule has 1 N–H and O–H groups in total. The fourth-order valence-electron chi connectivity index (χ4n) is 2.37. The molecule has 1 heterocycles. The zero-order chi connectivity index (χ0) is 11.3. The Bertz CT molecular complexity index is 171. The molecular weight excluding hydrogens is 186 g/mol. The van der Waals surface area contributed by atoms with Crippen molar-refractivity contribution in [2.24, 2.45) is 5.92 Å². The van der Waals surface area contributed by atoms with E-state index in [1.165, 1.54) is 12.8 Å². The molecule has 2 heteroatoms. The Hall–Kier alpha value is -0.0800. The van der Waals surface area contributed by atoms with Crippen molar-refractivity contribution in [3.63, 3.8) is 0 Å². The molecule has 1 aliphatic heterocycles. The fraction of sp³-hybridized carbons (Fsp3) is 1.00. The SMILES string of the molecule is CCN1CCC(O)(CCCC(C)C)CC1. The van der Waals surface area contributed by atoms with Crippen LogP contribution in [0.5, 0.6) is 0 Å². The number of piperidine rings is 1. The molecule has 15 heavy (non-hydrogen) atoms. The van der Waals surface area contributed by atoms with Crippen LogP contribution in [0, 0.1) is 5.92 Å². The second-order valence-electron chi connectivity index (χ2n) is 5.44. The van der Waals surface area contributed by atoms with Crippen molar-refractivity contribution in [2.75, 3.05) is 19.6 Å². The van der Waals surface area contributed by atoms with Gasteiger partial charge in [0.05, 0.1) is 5.60 Å². The lowest BCUT2D eigenvalue weighted by Gasteiger charge is -2.38. The Labute approximate surface area is 94.7 Å². The predicted octanol–water partition coefficient (Wildman–Crippen LogP) is 2.66. The lowest BCUT2D eigenvalue weighted by molar-refractivity contribution is -0.0285. The number of aliphatic hydroxyl groups is 1. The molecule has 0 saturated carbocycles. The Balaban J connectivity index is 2.22. The molecule has 0 aromatic heterocycles. The second kappa shape index (κ2) is 5.86. The lowest BCUT2D eigenvalue weighted by atomic mass is 9.85. The normalized spacial score (nSPS) is 22.2. The average molecular weight is 213 g/mol. The highest BCUT2D eigenvalue weighted by atomic mass is 16.3. The number of rotatable bonds is 5. The third-order valence-electron chi connectivity index (χ3n) is 3.66. The molecule has 0 aliphatic carbocycles. The maximum atomic E-state index is 10.4. The minimum atomic E-state index is -0.347. The number of likely N-dealkylation sites (tertiary alicyclic amines) is 1. The van der Waals surface area contributed by atoms with E-state index in [1.54, 1.807) is 0 Å². The highest BCUT2D eigenvalue weighted by Crippen LogP contribution is 2.28. The van der Waals surface area contributed by atoms with Gasteiger partial charge in [-0.15, -0.1) is 0 Å². The topological polar surface area (TPSA) is 23.5 Å². The molecule has 1 aliphatic rings. The second-order valence-corrected chi connectivity index (χ2v) is 5.44. The van der Waals surface area contributed by atoms with Gasteiger partial charge in [0.2, 0.25) is 0 Å². The van der Waals surface area contributed by atoms with Gasteiger partial charge in [-0.1, -0.05) is 33.6 Å². The van der Waals surface area contributed by atoms with Crippen molar-refractivity contribution in [1.82, 2.24) is 4.90 Å². The van der Waals surface area contributed by atoms with Crippen LogP contribution < -0.4 is 0 Å². The number of hydrogen-bond donors (Lipinski definition) is 1. The predicted molar refractivity (Wildman–Crippen MR) is 65.0 cm³/mol. The number of nitrogens with zero attached hydrogens (tertiary/aromatic N) is 1. The van der Waals surface area contributed by atoms with Crippen molar-refractivity contribution in [1.29, 1.82) is 0 Å². The van der Waals surface area contributed by atoms with Gasteiger partial charge in [-0.2, -0.15) is 0 Å². The van der Waals surface area contributed by atoms with E-state index >= 15 is 0 Å². The van der Waals surface area contributed by atoms with Crippen LogP contribution in [0.1, 0.15) is 52.9 Å². The molecule has 0 unspecified atom stereocenters. The summed E-state index contributed by atoms with van der Waals surface area (Å²) < 4.78 is 0. The first-order valence-corrected chi connectivity index (χ1v) is 6.50. The molecule has 0 aromatic rings. The molecule has 0 atom stereocenters. The zero-order valence-corrected chi connectivity index (χ0v) is 10.6. The van der Waals surface area contributed by atoms with Gasteiger partial charge < -0.3 is 10.0 Å². The monoisotopic (exact) mass is 213 g/mol. The summed E-state index contributed by atoms with van der Waals surface area (Å²) in [5.74, 6) is 0.768. The molecule has 2 nitrogen and oxygen atoms in total. The lowest BCUT2D eigenvalue weighted by Crippen LogP contribution is -2.44. The van der Waals surface area contributed by atoms with Crippen molar-refractivity contribution < 1.29 is 5.11 Å². The van der Waals surface area contributed by atoms with E-state index in [1.807, 2.05) is 0 Å². The van der Waals surface area contributed by atoms with Crippen LogP contribution in [0.25, 0.3) is 0 Å². The summed E-state index contributed by atoms with van der Waals surface area (Å²) in [5, 5.41) is 10.4. The molecule has 1 rings (SSSR count). The van der Waals surface area contributed by atoms with E-state index in [4.69, 9.17) is 0 Å². The van der Waals surface area contributed by atoms with Crippen molar-refractivity contribution in [3.05, 3.63) is 0 Å². The third kappa shape index (κ3) is 4.52. The highest BCUT2D eigenvalue weighted by molar-refractivity contribution is 4.85. The van der Waals surface area contributed by atoms with Gasteiger partial charge in [0, 0.05) is 13.1 Å². The highest BCUT2D eigenvalue weighted by Gasteiger charge is 2.30. The zero-order valence-electron chi connectivity index (χ0n) is 10.6. The van der Waals surface area contributed by atoms with Crippen molar-refractivity contribution in [2.45, 2.75) is 58.5 Å². The van der Waals surface area contributed by atoms with Crippen LogP contribution in [0.4, 0.5) is 0 Å². The van der Waals surface area contributed by atoms with Gasteiger partial charge >= 0.3 is 0 Å². The van der Waals surface area contributed by atoms with E-state index < -0.39 is 0 Å². The van der Waals surface area contributed by atoms with E-state index in [-0.39, 0.29) is 5.60 Å². The summed E-state index contributed by atoms with van der Waals surface area (Å²) >= 11 is 0. The Morgan fingerprint density at radius 2 is 1.87 bits per heavy atom. The summed E-state index contributed by atoms with van der Waals surface area (Å²) in [5.41, 5.74) is -0.347. The molecule has 1 fully saturated rings. The first-order valence-electron chi connectivity index (χ1n) is 6.50. The summed E-state index contributed by atoms with van der Waals surface area (Å²) in [6.07, 6.45) is 5.38. The third-order valence-corrected chi connectivity index (χ3v) is 3.66. The molecule has 0 spiro atoms. The smallest absolute Gasteiger partial charge is 0.0672 e. The van der Waals surface area contributed by atoms with Crippen LogP contribution in [0.2, 0.25) is 0 Å². The van der Waals surface area contributed by atoms with E-state index in [0.29, 0.717) is 0 Å². The van der Waals surface area contributed by atoms with Crippen LogP contribution in [-0.2, 0) is 0 Å². The maximum Gasteiger partial charge on any atom is 0.0672 e. The Kier molecular flexibility index (Phi) is 5.07. The fourth-order valence-corrected chi connectivity index (χ4v) is 2.37.